The molecule has 2 aromatic carbocycles. The van der Waals surface area contributed by atoms with Gasteiger partial charge in [0.25, 0.3) is 0 Å². The summed E-state index contributed by atoms with van der Waals surface area (Å²) in [5.41, 5.74) is 6.95. The van der Waals surface area contributed by atoms with E-state index < -0.39 is 0 Å². The Morgan fingerprint density at radius 1 is 1.10 bits per heavy atom. The second kappa shape index (κ2) is 6.25. The van der Waals surface area contributed by atoms with Gasteiger partial charge in [-0.05, 0) is 36.3 Å². The average molecular weight is 271 g/mol. The number of nitrogens with two attached hydrogens (primary N) is 1. The second-order valence-electron chi connectivity index (χ2n) is 5.27. The molecule has 0 amide bonds. The Balaban J connectivity index is 1.80. The second-order valence-corrected chi connectivity index (χ2v) is 5.27. The van der Waals surface area contributed by atoms with Gasteiger partial charge in [-0.3, -0.25) is 0 Å². The van der Waals surface area contributed by atoms with Crippen LogP contribution in [0, 0.1) is 0 Å². The van der Waals surface area contributed by atoms with Crippen LogP contribution in [0.15, 0.2) is 36.4 Å². The summed E-state index contributed by atoms with van der Waals surface area (Å²) >= 11 is 0. The molecule has 0 radical (unpaired) electrons. The first kappa shape index (κ1) is 13.4. The highest BCUT2D eigenvalue weighted by molar-refractivity contribution is 5.91. The molecule has 20 heavy (non-hydrogen) atoms. The van der Waals surface area contributed by atoms with E-state index in [4.69, 9.17) is 15.2 Å². The van der Waals surface area contributed by atoms with Crippen molar-refractivity contribution in [3.8, 4) is 5.75 Å². The van der Waals surface area contributed by atoms with Crippen LogP contribution in [0.25, 0.3) is 10.8 Å². The predicted octanol–water partition coefficient (Wildman–Crippen LogP) is 3.25. The van der Waals surface area contributed by atoms with E-state index in [1.807, 2.05) is 18.2 Å². The van der Waals surface area contributed by atoms with Crippen molar-refractivity contribution in [3.05, 3.63) is 42.0 Å². The summed E-state index contributed by atoms with van der Waals surface area (Å²) in [5, 5.41) is 2.31. The van der Waals surface area contributed by atoms with E-state index >= 15 is 0 Å². The molecular weight excluding hydrogens is 250 g/mol. The van der Waals surface area contributed by atoms with E-state index in [0.717, 1.165) is 29.7 Å². The molecule has 1 aliphatic heterocycles. The van der Waals surface area contributed by atoms with Crippen molar-refractivity contribution in [1.82, 2.24) is 0 Å². The first-order valence-corrected chi connectivity index (χ1v) is 7.33. The van der Waals surface area contributed by atoms with Gasteiger partial charge in [0.2, 0.25) is 0 Å². The normalized spacial score (nSPS) is 19.1. The third-order valence-corrected chi connectivity index (χ3v) is 3.89. The molecule has 1 heterocycles. The maximum Gasteiger partial charge on any atom is 0.127 e. The molecule has 1 atom stereocenters. The van der Waals surface area contributed by atoms with E-state index in [0.29, 0.717) is 13.2 Å². The van der Waals surface area contributed by atoms with Gasteiger partial charge < -0.3 is 15.2 Å². The molecule has 1 fully saturated rings. The minimum Gasteiger partial charge on any atom is -0.490 e. The number of hydrogen-bond acceptors (Lipinski definition) is 3. The molecule has 0 spiro atoms. The highest BCUT2D eigenvalue weighted by atomic mass is 16.5. The molecule has 3 nitrogen and oxygen atoms in total. The number of fused-ring (bicyclic) bond motifs is 1. The molecule has 3 heteroatoms. The summed E-state index contributed by atoms with van der Waals surface area (Å²) in [5.74, 6) is 0.923. The van der Waals surface area contributed by atoms with Crippen LogP contribution in [0.3, 0.4) is 0 Å². The molecule has 2 N–H and O–H groups in total. The molecule has 2 aromatic rings. The molecule has 0 bridgehead atoms. The monoisotopic (exact) mass is 271 g/mol. The lowest BCUT2D eigenvalue weighted by Crippen LogP contribution is -2.25. The SMILES string of the molecule is NCc1ccc(OCC2CCCCO2)c2ccccc12. The van der Waals surface area contributed by atoms with Crippen LogP contribution in [0.2, 0.25) is 0 Å². The number of benzene rings is 2. The van der Waals surface area contributed by atoms with Gasteiger partial charge in [-0.15, -0.1) is 0 Å². The molecule has 0 aromatic heterocycles. The fraction of sp³-hybridized carbons (Fsp3) is 0.412. The van der Waals surface area contributed by atoms with Crippen LogP contribution >= 0.6 is 0 Å². The number of hydrogen-bond donors (Lipinski definition) is 1. The van der Waals surface area contributed by atoms with Crippen molar-refractivity contribution in [2.75, 3.05) is 13.2 Å². The molecule has 1 saturated heterocycles. The Morgan fingerprint density at radius 2 is 1.95 bits per heavy atom. The van der Waals surface area contributed by atoms with Gasteiger partial charge in [-0.1, -0.05) is 30.3 Å². The lowest BCUT2D eigenvalue weighted by atomic mass is 10.0. The summed E-state index contributed by atoms with van der Waals surface area (Å²) in [7, 11) is 0. The van der Waals surface area contributed by atoms with E-state index in [1.54, 1.807) is 0 Å². The minimum atomic E-state index is 0.233. The van der Waals surface area contributed by atoms with Crippen molar-refractivity contribution in [2.45, 2.75) is 31.9 Å². The maximum absolute atomic E-state index is 5.99. The van der Waals surface area contributed by atoms with Crippen LogP contribution in [0.5, 0.6) is 5.75 Å². The number of ether oxygens (including phenoxy) is 2. The Hall–Kier alpha value is -1.58. The lowest BCUT2D eigenvalue weighted by Gasteiger charge is -2.23. The van der Waals surface area contributed by atoms with Gasteiger partial charge in [0.15, 0.2) is 0 Å². The van der Waals surface area contributed by atoms with Crippen LogP contribution in [0.4, 0.5) is 0 Å². The summed E-state index contributed by atoms with van der Waals surface area (Å²) in [6.07, 6.45) is 3.74. The van der Waals surface area contributed by atoms with Crippen molar-refractivity contribution in [3.63, 3.8) is 0 Å². The van der Waals surface area contributed by atoms with E-state index in [1.165, 1.54) is 18.2 Å². The molecule has 1 unspecified atom stereocenters. The molecule has 3 rings (SSSR count). The van der Waals surface area contributed by atoms with Gasteiger partial charge in [-0.25, -0.2) is 0 Å². The number of rotatable bonds is 4. The Morgan fingerprint density at radius 3 is 2.70 bits per heavy atom. The summed E-state index contributed by atoms with van der Waals surface area (Å²) in [4.78, 5) is 0. The van der Waals surface area contributed by atoms with Crippen molar-refractivity contribution in [2.24, 2.45) is 5.73 Å². The zero-order valence-corrected chi connectivity index (χ0v) is 11.7. The van der Waals surface area contributed by atoms with Gasteiger partial charge in [0, 0.05) is 18.5 Å². The highest BCUT2D eigenvalue weighted by Gasteiger charge is 2.15. The smallest absolute Gasteiger partial charge is 0.127 e. The largest absolute Gasteiger partial charge is 0.490 e. The Bertz CT molecular complexity index is 576. The van der Waals surface area contributed by atoms with Crippen molar-refractivity contribution < 1.29 is 9.47 Å². The maximum atomic E-state index is 5.99. The van der Waals surface area contributed by atoms with Crippen molar-refractivity contribution in [1.29, 1.82) is 0 Å². The van der Waals surface area contributed by atoms with Gasteiger partial charge in [0.05, 0.1) is 6.10 Å². The molecule has 1 aliphatic rings. The highest BCUT2D eigenvalue weighted by Crippen LogP contribution is 2.29. The fourth-order valence-corrected chi connectivity index (χ4v) is 2.76. The standard InChI is InChI=1S/C17H21NO2/c18-11-13-8-9-17(16-7-2-1-6-15(13)16)20-12-14-5-3-4-10-19-14/h1-2,6-9,14H,3-5,10-12,18H2. The first-order valence-electron chi connectivity index (χ1n) is 7.33. The third kappa shape index (κ3) is 2.79. The fourth-order valence-electron chi connectivity index (χ4n) is 2.76. The van der Waals surface area contributed by atoms with Crippen molar-refractivity contribution >= 4 is 10.8 Å². The van der Waals surface area contributed by atoms with E-state index in [-0.39, 0.29) is 6.10 Å². The molecule has 0 saturated carbocycles. The zero-order valence-electron chi connectivity index (χ0n) is 11.7. The zero-order chi connectivity index (χ0) is 13.8. The van der Waals surface area contributed by atoms with Crippen LogP contribution in [-0.4, -0.2) is 19.3 Å². The predicted molar refractivity (Wildman–Crippen MR) is 80.9 cm³/mol. The summed E-state index contributed by atoms with van der Waals surface area (Å²) in [6.45, 7) is 2.04. The summed E-state index contributed by atoms with van der Waals surface area (Å²) < 4.78 is 11.7. The molecule has 106 valence electrons. The Labute approximate surface area is 119 Å². The van der Waals surface area contributed by atoms with Crippen LogP contribution in [0.1, 0.15) is 24.8 Å². The van der Waals surface area contributed by atoms with Crippen LogP contribution < -0.4 is 10.5 Å². The molecule has 0 aliphatic carbocycles. The van der Waals surface area contributed by atoms with E-state index in [2.05, 4.69) is 18.2 Å². The first-order chi connectivity index (χ1) is 9.88. The minimum absolute atomic E-state index is 0.233. The average Bonchev–Trinajstić information content (AvgIpc) is 2.53. The lowest BCUT2D eigenvalue weighted by molar-refractivity contribution is -0.0107. The van der Waals surface area contributed by atoms with E-state index in [9.17, 15) is 0 Å². The van der Waals surface area contributed by atoms with Crippen LogP contribution in [-0.2, 0) is 11.3 Å². The topological polar surface area (TPSA) is 44.5 Å². The third-order valence-electron chi connectivity index (χ3n) is 3.89. The molecular formula is C17H21NO2. The van der Waals surface area contributed by atoms with Gasteiger partial charge in [-0.2, -0.15) is 0 Å². The quantitative estimate of drug-likeness (QED) is 0.928. The van der Waals surface area contributed by atoms with Gasteiger partial charge >= 0.3 is 0 Å². The Kier molecular flexibility index (Phi) is 4.19. The van der Waals surface area contributed by atoms with Gasteiger partial charge in [0.1, 0.15) is 12.4 Å². The summed E-state index contributed by atoms with van der Waals surface area (Å²) in [6, 6.07) is 12.3.